The van der Waals surface area contributed by atoms with Crippen molar-refractivity contribution in [3.05, 3.63) is 0 Å². The summed E-state index contributed by atoms with van der Waals surface area (Å²) >= 11 is 0. The van der Waals surface area contributed by atoms with Crippen molar-refractivity contribution >= 4 is 0 Å². The summed E-state index contributed by atoms with van der Waals surface area (Å²) in [4.78, 5) is 0. The second-order valence-electron chi connectivity index (χ2n) is 7.18. The molecular formula is C20H41N. The van der Waals surface area contributed by atoms with E-state index >= 15 is 0 Å². The molecule has 0 spiro atoms. The van der Waals surface area contributed by atoms with Crippen LogP contribution in [0.2, 0.25) is 0 Å². The lowest BCUT2D eigenvalue weighted by molar-refractivity contribution is 0.246. The van der Waals surface area contributed by atoms with E-state index in [-0.39, 0.29) is 0 Å². The first kappa shape index (κ1) is 19.0. The summed E-state index contributed by atoms with van der Waals surface area (Å²) in [6.45, 7) is 5.71. The highest BCUT2D eigenvalue weighted by atomic mass is 14.9. The van der Waals surface area contributed by atoms with Crippen molar-refractivity contribution in [2.75, 3.05) is 6.54 Å². The van der Waals surface area contributed by atoms with Crippen LogP contribution in [-0.2, 0) is 0 Å². The molecule has 126 valence electrons. The Hall–Kier alpha value is -0.0400. The first-order valence-corrected chi connectivity index (χ1v) is 10.1. The molecule has 0 aromatic carbocycles. The van der Waals surface area contributed by atoms with Gasteiger partial charge in [-0.2, -0.15) is 0 Å². The Morgan fingerprint density at radius 2 is 1.29 bits per heavy atom. The van der Waals surface area contributed by atoms with Gasteiger partial charge in [-0.15, -0.1) is 0 Å². The fourth-order valence-electron chi connectivity index (χ4n) is 3.98. The van der Waals surface area contributed by atoms with Gasteiger partial charge >= 0.3 is 0 Å². The van der Waals surface area contributed by atoms with E-state index in [0.29, 0.717) is 0 Å². The average Bonchev–Trinajstić information content (AvgIpc) is 2.51. The predicted molar refractivity (Wildman–Crippen MR) is 95.9 cm³/mol. The van der Waals surface area contributed by atoms with Gasteiger partial charge in [0.05, 0.1) is 0 Å². The maximum Gasteiger partial charge on any atom is 0.00952 e. The van der Waals surface area contributed by atoms with E-state index in [1.807, 2.05) is 0 Å². The predicted octanol–water partition coefficient (Wildman–Crippen LogP) is 6.47. The molecule has 0 aromatic rings. The van der Waals surface area contributed by atoms with E-state index in [1.165, 1.54) is 96.3 Å². The molecule has 1 nitrogen and oxygen atoms in total. The minimum atomic E-state index is 0.835. The summed E-state index contributed by atoms with van der Waals surface area (Å²) in [7, 11) is 0. The summed E-state index contributed by atoms with van der Waals surface area (Å²) in [5.74, 6) is 0.979. The normalized spacial score (nSPS) is 22.6. The van der Waals surface area contributed by atoms with E-state index < -0.39 is 0 Å². The van der Waals surface area contributed by atoms with Crippen LogP contribution in [0, 0.1) is 5.92 Å². The van der Waals surface area contributed by atoms with Gasteiger partial charge in [-0.05, 0) is 31.7 Å². The van der Waals surface area contributed by atoms with Gasteiger partial charge in [0.2, 0.25) is 0 Å². The Kier molecular flexibility index (Phi) is 12.3. The Bertz CT molecular complexity index is 212. The van der Waals surface area contributed by atoms with Gasteiger partial charge < -0.3 is 5.32 Å². The molecule has 1 aliphatic carbocycles. The number of hydrogen-bond donors (Lipinski definition) is 1. The number of unbranched alkanes of at least 4 members (excludes halogenated alkanes) is 9. The van der Waals surface area contributed by atoms with Crippen LogP contribution < -0.4 is 5.32 Å². The van der Waals surface area contributed by atoms with Crippen LogP contribution in [0.3, 0.4) is 0 Å². The van der Waals surface area contributed by atoms with Gasteiger partial charge in [-0.25, -0.2) is 0 Å². The third-order valence-electron chi connectivity index (χ3n) is 5.30. The van der Waals surface area contributed by atoms with Crippen LogP contribution in [0.4, 0.5) is 0 Å². The highest BCUT2D eigenvalue weighted by Crippen LogP contribution is 2.28. The third-order valence-corrected chi connectivity index (χ3v) is 5.30. The van der Waals surface area contributed by atoms with Crippen molar-refractivity contribution in [3.8, 4) is 0 Å². The molecular weight excluding hydrogens is 254 g/mol. The smallest absolute Gasteiger partial charge is 0.00952 e. The van der Waals surface area contributed by atoms with Gasteiger partial charge in [0.25, 0.3) is 0 Å². The monoisotopic (exact) mass is 295 g/mol. The number of hydrogen-bond acceptors (Lipinski definition) is 1. The van der Waals surface area contributed by atoms with Gasteiger partial charge in [-0.1, -0.05) is 90.9 Å². The van der Waals surface area contributed by atoms with Crippen LogP contribution in [0.1, 0.15) is 110 Å². The average molecular weight is 296 g/mol. The summed E-state index contributed by atoms with van der Waals surface area (Å²) in [6.07, 6.45) is 21.9. The lowest BCUT2D eigenvalue weighted by atomic mass is 9.81. The Morgan fingerprint density at radius 1 is 0.714 bits per heavy atom. The molecule has 0 amide bonds. The second-order valence-corrected chi connectivity index (χ2v) is 7.18. The molecule has 21 heavy (non-hydrogen) atoms. The minimum absolute atomic E-state index is 0.835. The van der Waals surface area contributed by atoms with E-state index in [9.17, 15) is 0 Å². The topological polar surface area (TPSA) is 12.0 Å². The fourth-order valence-corrected chi connectivity index (χ4v) is 3.98. The maximum absolute atomic E-state index is 3.72. The molecule has 2 atom stereocenters. The molecule has 1 rings (SSSR count). The molecule has 2 unspecified atom stereocenters. The van der Waals surface area contributed by atoms with E-state index in [4.69, 9.17) is 0 Å². The first-order valence-electron chi connectivity index (χ1n) is 10.1. The zero-order valence-corrected chi connectivity index (χ0v) is 15.0. The summed E-state index contributed by atoms with van der Waals surface area (Å²) in [5.41, 5.74) is 0. The van der Waals surface area contributed by atoms with Gasteiger partial charge in [-0.3, -0.25) is 0 Å². The van der Waals surface area contributed by atoms with E-state index in [1.54, 1.807) is 0 Å². The fraction of sp³-hybridized carbons (Fsp3) is 1.00. The third kappa shape index (κ3) is 9.55. The minimum Gasteiger partial charge on any atom is -0.314 e. The molecule has 1 heteroatoms. The molecule has 0 saturated heterocycles. The lowest BCUT2D eigenvalue weighted by Crippen LogP contribution is -2.38. The zero-order valence-electron chi connectivity index (χ0n) is 15.0. The second kappa shape index (κ2) is 13.6. The molecule has 1 saturated carbocycles. The molecule has 1 aliphatic rings. The van der Waals surface area contributed by atoms with Gasteiger partial charge in [0.15, 0.2) is 0 Å². The van der Waals surface area contributed by atoms with Crippen molar-refractivity contribution in [2.24, 2.45) is 5.92 Å². The molecule has 0 bridgehead atoms. The number of nitrogens with one attached hydrogen (secondary N) is 1. The summed E-state index contributed by atoms with van der Waals surface area (Å²) in [6, 6.07) is 0.835. The van der Waals surface area contributed by atoms with E-state index in [2.05, 4.69) is 19.2 Å². The highest BCUT2D eigenvalue weighted by molar-refractivity contribution is 4.80. The quantitative estimate of drug-likeness (QED) is 0.384. The molecule has 0 heterocycles. The van der Waals surface area contributed by atoms with Gasteiger partial charge in [0.1, 0.15) is 0 Å². The van der Waals surface area contributed by atoms with Crippen molar-refractivity contribution < 1.29 is 0 Å². The molecule has 1 N–H and O–H groups in total. The van der Waals surface area contributed by atoms with Crippen molar-refractivity contribution in [2.45, 2.75) is 116 Å². The number of rotatable bonds is 13. The summed E-state index contributed by atoms with van der Waals surface area (Å²) < 4.78 is 0. The van der Waals surface area contributed by atoms with Crippen LogP contribution in [-0.4, -0.2) is 12.6 Å². The van der Waals surface area contributed by atoms with Crippen molar-refractivity contribution in [1.29, 1.82) is 0 Å². The van der Waals surface area contributed by atoms with Crippen molar-refractivity contribution in [1.82, 2.24) is 5.32 Å². The first-order chi connectivity index (χ1) is 10.4. The van der Waals surface area contributed by atoms with E-state index in [0.717, 1.165) is 18.5 Å². The largest absolute Gasteiger partial charge is 0.314 e. The van der Waals surface area contributed by atoms with Crippen LogP contribution in [0.15, 0.2) is 0 Å². The molecule has 0 aromatic heterocycles. The highest BCUT2D eigenvalue weighted by Gasteiger charge is 2.23. The van der Waals surface area contributed by atoms with Crippen LogP contribution in [0.5, 0.6) is 0 Å². The molecule has 0 radical (unpaired) electrons. The Morgan fingerprint density at radius 3 is 1.90 bits per heavy atom. The Balaban J connectivity index is 1.91. The SMILES string of the molecule is CCCCCCCCCCCCC1CCCCC1NCC. The summed E-state index contributed by atoms with van der Waals surface area (Å²) in [5, 5.41) is 3.72. The maximum atomic E-state index is 3.72. The van der Waals surface area contributed by atoms with Crippen LogP contribution in [0.25, 0.3) is 0 Å². The Labute approximate surface area is 134 Å². The van der Waals surface area contributed by atoms with Gasteiger partial charge in [0, 0.05) is 6.04 Å². The standard InChI is InChI=1S/C20H41N/c1-3-5-6-7-8-9-10-11-12-13-16-19-17-14-15-18-20(19)21-4-2/h19-21H,3-18H2,1-2H3. The van der Waals surface area contributed by atoms with Crippen molar-refractivity contribution in [3.63, 3.8) is 0 Å². The van der Waals surface area contributed by atoms with Crippen LogP contribution >= 0.6 is 0 Å². The molecule has 1 fully saturated rings. The lowest BCUT2D eigenvalue weighted by Gasteiger charge is -2.32. The molecule has 0 aliphatic heterocycles. The zero-order chi connectivity index (χ0) is 15.2.